The summed E-state index contributed by atoms with van der Waals surface area (Å²) in [6, 6.07) is 11.1. The molecule has 2 aromatic rings. The molecule has 1 saturated heterocycles. The van der Waals surface area contributed by atoms with Crippen molar-refractivity contribution in [1.82, 2.24) is 5.01 Å². The van der Waals surface area contributed by atoms with Gasteiger partial charge >= 0.3 is 0 Å². The normalized spacial score (nSPS) is 25.4. The minimum absolute atomic E-state index is 0.157. The number of allylic oxidation sites excluding steroid dienone is 2. The molecule has 1 heterocycles. The van der Waals surface area contributed by atoms with Crippen LogP contribution >= 0.6 is 27.5 Å². The fourth-order valence-corrected chi connectivity index (χ4v) is 5.72. The number of fused-ring (bicyclic) bond motifs is 5. The van der Waals surface area contributed by atoms with E-state index in [4.69, 9.17) is 21.1 Å². The van der Waals surface area contributed by atoms with Crippen LogP contribution in [-0.4, -0.2) is 29.6 Å². The average Bonchev–Trinajstić information content (AvgIpc) is 3.47. The van der Waals surface area contributed by atoms with Gasteiger partial charge in [0.1, 0.15) is 6.61 Å². The molecule has 2 fully saturated rings. The predicted octanol–water partition coefficient (Wildman–Crippen LogP) is 5.22. The quantitative estimate of drug-likeness (QED) is 0.280. The summed E-state index contributed by atoms with van der Waals surface area (Å²) in [5, 5.41) is 5.93. The second kappa shape index (κ2) is 8.95. The van der Waals surface area contributed by atoms with Crippen molar-refractivity contribution >= 4 is 45.6 Å². The van der Waals surface area contributed by atoms with Gasteiger partial charge in [-0.25, -0.2) is 0 Å². The van der Waals surface area contributed by atoms with Crippen molar-refractivity contribution in [3.05, 3.63) is 69.2 Å². The Hall–Kier alpha value is -2.64. The maximum atomic E-state index is 12.8. The molecule has 0 aromatic heterocycles. The van der Waals surface area contributed by atoms with E-state index in [2.05, 4.69) is 33.2 Å². The van der Waals surface area contributed by atoms with Crippen molar-refractivity contribution in [3.8, 4) is 11.5 Å². The Kier molecular flexibility index (Phi) is 6.01. The highest BCUT2D eigenvalue weighted by Crippen LogP contribution is 2.52. The molecular weight excluding hydrogens is 508 g/mol. The summed E-state index contributed by atoms with van der Waals surface area (Å²) < 4.78 is 12.5. The average molecular weight is 530 g/mol. The number of nitrogens with zero attached hydrogens (tertiary/aromatic N) is 2. The summed E-state index contributed by atoms with van der Waals surface area (Å²) in [6.07, 6.45) is 6.54. The van der Waals surface area contributed by atoms with Crippen LogP contribution in [0.25, 0.3) is 0 Å². The Morgan fingerprint density at radius 2 is 1.82 bits per heavy atom. The molecule has 170 valence electrons. The van der Waals surface area contributed by atoms with E-state index in [0.717, 1.165) is 17.0 Å². The third kappa shape index (κ3) is 3.97. The molecule has 2 bridgehead atoms. The zero-order valence-electron chi connectivity index (χ0n) is 17.9. The molecular formula is C25H22BrClN2O4. The molecule has 0 unspecified atom stereocenters. The van der Waals surface area contributed by atoms with Crippen molar-refractivity contribution < 1.29 is 19.1 Å². The molecule has 0 N–H and O–H groups in total. The Bertz CT molecular complexity index is 1150. The molecule has 5 rings (SSSR count). The lowest BCUT2D eigenvalue weighted by atomic mass is 9.85. The third-order valence-electron chi connectivity index (χ3n) is 6.43. The van der Waals surface area contributed by atoms with Gasteiger partial charge in [0, 0.05) is 10.6 Å². The second-order valence-electron chi connectivity index (χ2n) is 8.38. The maximum absolute atomic E-state index is 12.8. The van der Waals surface area contributed by atoms with Crippen LogP contribution in [-0.2, 0) is 16.2 Å². The van der Waals surface area contributed by atoms with E-state index in [1.807, 2.05) is 37.3 Å². The van der Waals surface area contributed by atoms with Gasteiger partial charge < -0.3 is 9.47 Å². The first kappa shape index (κ1) is 22.2. The Morgan fingerprint density at radius 3 is 2.48 bits per heavy atom. The lowest BCUT2D eigenvalue weighted by Crippen LogP contribution is -2.28. The number of rotatable bonds is 7. The van der Waals surface area contributed by atoms with Crippen LogP contribution in [0.4, 0.5) is 0 Å². The topological polar surface area (TPSA) is 68.2 Å². The van der Waals surface area contributed by atoms with E-state index >= 15 is 0 Å². The molecule has 33 heavy (non-hydrogen) atoms. The molecule has 2 aliphatic carbocycles. The van der Waals surface area contributed by atoms with E-state index in [1.165, 1.54) is 6.21 Å². The molecule has 2 aromatic carbocycles. The van der Waals surface area contributed by atoms with Crippen LogP contribution in [0.15, 0.2) is 58.1 Å². The van der Waals surface area contributed by atoms with Gasteiger partial charge in [-0.05, 0) is 64.9 Å². The number of hydrogen-bond acceptors (Lipinski definition) is 5. The number of ether oxygens (including phenoxy) is 2. The monoisotopic (exact) mass is 528 g/mol. The molecule has 3 aliphatic rings. The summed E-state index contributed by atoms with van der Waals surface area (Å²) in [5.74, 6) is 0.434. The molecule has 2 amide bonds. The van der Waals surface area contributed by atoms with Gasteiger partial charge in [0.2, 0.25) is 0 Å². The number of benzene rings is 2. The Labute approximate surface area is 205 Å². The third-order valence-corrected chi connectivity index (χ3v) is 7.39. The number of hydrazone groups is 1. The van der Waals surface area contributed by atoms with Crippen molar-refractivity contribution in [2.75, 3.05) is 6.61 Å². The highest BCUT2D eigenvalue weighted by atomic mass is 79.9. The standard InChI is InChI=1S/C25H22BrClN2O4/c1-2-32-20-10-14(9-18(26)23(20)33-13-17-5-3-4-6-19(17)27)12-28-29-24(30)21-15-7-8-16(11-15)22(21)25(29)31/h3-10,12,15-16,21-22H,2,11,13H2,1H3/t15-,16-,21-,22+/m0/s1. The van der Waals surface area contributed by atoms with Crippen molar-refractivity contribution in [2.45, 2.75) is 20.0 Å². The highest BCUT2D eigenvalue weighted by molar-refractivity contribution is 9.10. The first-order chi connectivity index (χ1) is 16.0. The number of halogens is 2. The van der Waals surface area contributed by atoms with Gasteiger partial charge in [0.15, 0.2) is 11.5 Å². The highest BCUT2D eigenvalue weighted by Gasteiger charge is 2.59. The van der Waals surface area contributed by atoms with Crippen molar-refractivity contribution in [3.63, 3.8) is 0 Å². The summed E-state index contributed by atoms with van der Waals surface area (Å²) >= 11 is 9.78. The minimum atomic E-state index is -0.268. The van der Waals surface area contributed by atoms with Crippen molar-refractivity contribution in [1.29, 1.82) is 0 Å². The van der Waals surface area contributed by atoms with Gasteiger partial charge in [-0.1, -0.05) is 42.0 Å². The van der Waals surface area contributed by atoms with E-state index < -0.39 is 0 Å². The van der Waals surface area contributed by atoms with E-state index in [0.29, 0.717) is 33.2 Å². The largest absolute Gasteiger partial charge is 0.490 e. The number of imide groups is 1. The van der Waals surface area contributed by atoms with E-state index in [-0.39, 0.29) is 42.1 Å². The molecule has 0 spiro atoms. The van der Waals surface area contributed by atoms with Gasteiger partial charge in [-0.3, -0.25) is 9.59 Å². The SMILES string of the molecule is CCOc1cc(C=NN2C(=O)[C@@H]3[C@H](C2=O)[C@H]2C=C[C@H]3C2)cc(Br)c1OCc1ccccc1Cl. The van der Waals surface area contributed by atoms with Crippen LogP contribution in [0, 0.1) is 23.7 Å². The summed E-state index contributed by atoms with van der Waals surface area (Å²) in [5.41, 5.74) is 1.54. The predicted molar refractivity (Wildman–Crippen MR) is 128 cm³/mol. The minimum Gasteiger partial charge on any atom is -0.490 e. The molecule has 8 heteroatoms. The van der Waals surface area contributed by atoms with Crippen LogP contribution in [0.5, 0.6) is 11.5 Å². The van der Waals surface area contributed by atoms with Crippen LogP contribution in [0.1, 0.15) is 24.5 Å². The zero-order valence-corrected chi connectivity index (χ0v) is 20.3. The van der Waals surface area contributed by atoms with E-state index in [9.17, 15) is 9.59 Å². The summed E-state index contributed by atoms with van der Waals surface area (Å²) in [7, 11) is 0. The smallest absolute Gasteiger partial charge is 0.254 e. The van der Waals surface area contributed by atoms with Crippen LogP contribution in [0.2, 0.25) is 5.02 Å². The van der Waals surface area contributed by atoms with Gasteiger partial charge in [0.05, 0.1) is 29.1 Å². The number of carbonyl (C=O) groups excluding carboxylic acids is 2. The number of amides is 2. The fourth-order valence-electron chi connectivity index (χ4n) is 4.96. The van der Waals surface area contributed by atoms with Crippen molar-refractivity contribution in [2.24, 2.45) is 28.8 Å². The first-order valence-corrected chi connectivity index (χ1v) is 12.1. The molecule has 6 nitrogen and oxygen atoms in total. The lowest BCUT2D eigenvalue weighted by molar-refractivity contribution is -0.140. The zero-order chi connectivity index (χ0) is 23.1. The van der Waals surface area contributed by atoms with Crippen LogP contribution < -0.4 is 9.47 Å². The molecule has 1 saturated carbocycles. The first-order valence-electron chi connectivity index (χ1n) is 10.9. The Balaban J connectivity index is 1.36. The van der Waals surface area contributed by atoms with Gasteiger partial charge in [-0.15, -0.1) is 0 Å². The molecule has 0 radical (unpaired) electrons. The molecule has 4 atom stereocenters. The lowest BCUT2D eigenvalue weighted by Gasteiger charge is -2.15. The number of hydrogen-bond donors (Lipinski definition) is 0. The maximum Gasteiger partial charge on any atom is 0.254 e. The van der Waals surface area contributed by atoms with Gasteiger partial charge in [0.25, 0.3) is 11.8 Å². The number of carbonyl (C=O) groups is 2. The molecule has 1 aliphatic heterocycles. The fraction of sp³-hybridized carbons (Fsp3) is 0.320. The van der Waals surface area contributed by atoms with E-state index in [1.54, 1.807) is 6.07 Å². The van der Waals surface area contributed by atoms with Crippen LogP contribution in [0.3, 0.4) is 0 Å². The summed E-state index contributed by atoms with van der Waals surface area (Å²) in [4.78, 5) is 25.7. The van der Waals surface area contributed by atoms with Gasteiger partial charge in [-0.2, -0.15) is 10.1 Å². The summed E-state index contributed by atoms with van der Waals surface area (Å²) in [6.45, 7) is 2.61. The Morgan fingerprint density at radius 1 is 1.12 bits per heavy atom. The second-order valence-corrected chi connectivity index (χ2v) is 9.64.